The molecule has 1 aromatic heterocycles. The van der Waals surface area contributed by atoms with Gasteiger partial charge < -0.3 is 5.32 Å². The van der Waals surface area contributed by atoms with Gasteiger partial charge in [-0.05, 0) is 25.8 Å². The van der Waals surface area contributed by atoms with Gasteiger partial charge in [0.15, 0.2) is 0 Å². The van der Waals surface area contributed by atoms with E-state index in [9.17, 15) is 0 Å². The Labute approximate surface area is 98.5 Å². The van der Waals surface area contributed by atoms with E-state index in [1.165, 1.54) is 11.1 Å². The van der Waals surface area contributed by atoms with Gasteiger partial charge in [-0.15, -0.1) is 6.58 Å². The highest BCUT2D eigenvalue weighted by molar-refractivity contribution is 5.03. The van der Waals surface area contributed by atoms with Crippen LogP contribution in [0.1, 0.15) is 32.8 Å². The van der Waals surface area contributed by atoms with Crippen LogP contribution in [0.25, 0.3) is 0 Å². The summed E-state index contributed by atoms with van der Waals surface area (Å²) in [5.41, 5.74) is 2.46. The number of hydrogen-bond donors (Lipinski definition) is 1. The molecule has 0 amide bonds. The number of hydrogen-bond acceptors (Lipinski definition) is 2. The van der Waals surface area contributed by atoms with Crippen LogP contribution in [0.5, 0.6) is 0 Å². The van der Waals surface area contributed by atoms with E-state index in [1.807, 2.05) is 10.9 Å². The molecule has 0 aliphatic rings. The molecule has 0 atom stereocenters. The predicted octanol–water partition coefficient (Wildman–Crippen LogP) is 2.59. The van der Waals surface area contributed by atoms with Crippen molar-refractivity contribution in [2.45, 2.75) is 40.3 Å². The van der Waals surface area contributed by atoms with Crippen LogP contribution in [0.4, 0.5) is 0 Å². The summed E-state index contributed by atoms with van der Waals surface area (Å²) in [6.45, 7) is 13.3. The maximum atomic E-state index is 4.32. The molecule has 0 aromatic carbocycles. The third-order valence-electron chi connectivity index (χ3n) is 2.34. The minimum absolute atomic E-state index is 0.693. The predicted molar refractivity (Wildman–Crippen MR) is 68.2 cm³/mol. The minimum Gasteiger partial charge on any atom is -0.312 e. The first-order valence-electron chi connectivity index (χ1n) is 5.94. The molecule has 0 aliphatic heterocycles. The van der Waals surface area contributed by atoms with Crippen LogP contribution in [-0.2, 0) is 13.1 Å². The zero-order valence-electron chi connectivity index (χ0n) is 10.7. The first kappa shape index (κ1) is 13.0. The van der Waals surface area contributed by atoms with E-state index in [1.54, 1.807) is 0 Å². The van der Waals surface area contributed by atoms with E-state index in [4.69, 9.17) is 0 Å². The van der Waals surface area contributed by atoms with Crippen molar-refractivity contribution in [3.8, 4) is 0 Å². The normalized spacial score (nSPS) is 11.0. The fourth-order valence-corrected chi connectivity index (χ4v) is 1.43. The number of allylic oxidation sites excluding steroid dienone is 1. The van der Waals surface area contributed by atoms with Crippen LogP contribution < -0.4 is 5.32 Å². The lowest BCUT2D eigenvalue weighted by Crippen LogP contribution is -2.18. The van der Waals surface area contributed by atoms with Gasteiger partial charge in [0.25, 0.3) is 0 Å². The molecule has 0 radical (unpaired) electrons. The third kappa shape index (κ3) is 5.12. The van der Waals surface area contributed by atoms with Crippen LogP contribution in [0, 0.1) is 5.92 Å². The maximum Gasteiger partial charge on any atom is 0.0534 e. The molecule has 0 spiro atoms. The molecule has 1 heterocycles. The second-order valence-corrected chi connectivity index (χ2v) is 4.84. The lowest BCUT2D eigenvalue weighted by atomic mass is 10.2. The Morgan fingerprint density at radius 3 is 2.94 bits per heavy atom. The van der Waals surface area contributed by atoms with Crippen molar-refractivity contribution in [3.63, 3.8) is 0 Å². The van der Waals surface area contributed by atoms with Gasteiger partial charge in [0.05, 0.1) is 6.20 Å². The Kier molecular flexibility index (Phi) is 5.26. The number of nitrogens with zero attached hydrogens (tertiary/aromatic N) is 2. The molecular weight excluding hydrogens is 198 g/mol. The summed E-state index contributed by atoms with van der Waals surface area (Å²) in [5, 5.41) is 7.73. The Balaban J connectivity index is 2.30. The molecular formula is C13H23N3. The van der Waals surface area contributed by atoms with Crippen LogP contribution in [0.15, 0.2) is 24.5 Å². The van der Waals surface area contributed by atoms with E-state index in [0.717, 1.165) is 26.1 Å². The summed E-state index contributed by atoms with van der Waals surface area (Å²) < 4.78 is 1.99. The van der Waals surface area contributed by atoms with Crippen LogP contribution in [-0.4, -0.2) is 16.3 Å². The Bertz CT molecular complexity index is 326. The highest BCUT2D eigenvalue weighted by Crippen LogP contribution is 2.02. The molecule has 0 saturated carbocycles. The second kappa shape index (κ2) is 6.48. The monoisotopic (exact) mass is 221 g/mol. The first-order valence-corrected chi connectivity index (χ1v) is 5.94. The van der Waals surface area contributed by atoms with Gasteiger partial charge in [0.1, 0.15) is 0 Å². The smallest absolute Gasteiger partial charge is 0.0534 e. The lowest BCUT2D eigenvalue weighted by molar-refractivity contribution is 0.551. The van der Waals surface area contributed by atoms with Gasteiger partial charge in [-0.1, -0.05) is 19.4 Å². The molecule has 0 unspecified atom stereocenters. The van der Waals surface area contributed by atoms with Gasteiger partial charge in [-0.3, -0.25) is 4.68 Å². The molecule has 3 heteroatoms. The van der Waals surface area contributed by atoms with Gasteiger partial charge in [0.2, 0.25) is 0 Å². The van der Waals surface area contributed by atoms with E-state index >= 15 is 0 Å². The summed E-state index contributed by atoms with van der Waals surface area (Å²) >= 11 is 0. The van der Waals surface area contributed by atoms with Crippen molar-refractivity contribution in [1.82, 2.24) is 15.1 Å². The summed E-state index contributed by atoms with van der Waals surface area (Å²) in [5.74, 6) is 0.693. The molecule has 16 heavy (non-hydrogen) atoms. The highest BCUT2D eigenvalue weighted by atomic mass is 15.3. The Morgan fingerprint density at radius 1 is 1.56 bits per heavy atom. The second-order valence-electron chi connectivity index (χ2n) is 4.84. The molecule has 0 saturated heterocycles. The lowest BCUT2D eigenvalue weighted by Gasteiger charge is -2.05. The van der Waals surface area contributed by atoms with Crippen LogP contribution in [0.2, 0.25) is 0 Å². The van der Waals surface area contributed by atoms with Crippen molar-refractivity contribution in [2.24, 2.45) is 5.92 Å². The van der Waals surface area contributed by atoms with Crippen molar-refractivity contribution in [2.75, 3.05) is 6.54 Å². The topological polar surface area (TPSA) is 29.9 Å². The molecule has 1 aromatic rings. The summed E-state index contributed by atoms with van der Waals surface area (Å²) in [6, 6.07) is 0. The molecule has 0 fully saturated rings. The van der Waals surface area contributed by atoms with Crippen LogP contribution in [0.3, 0.4) is 0 Å². The Hall–Kier alpha value is -1.09. The minimum atomic E-state index is 0.693. The number of nitrogens with one attached hydrogen (secondary N) is 1. The summed E-state index contributed by atoms with van der Waals surface area (Å²) in [4.78, 5) is 0. The van der Waals surface area contributed by atoms with Gasteiger partial charge >= 0.3 is 0 Å². The van der Waals surface area contributed by atoms with Crippen molar-refractivity contribution in [3.05, 3.63) is 30.1 Å². The fourth-order valence-electron chi connectivity index (χ4n) is 1.43. The average Bonchev–Trinajstić information content (AvgIpc) is 2.62. The highest BCUT2D eigenvalue weighted by Gasteiger charge is 1.99. The SMILES string of the molecule is C=C(C)CCn1cc(CNCC(C)C)cn1. The Morgan fingerprint density at radius 2 is 2.31 bits per heavy atom. The van der Waals surface area contributed by atoms with Crippen molar-refractivity contribution < 1.29 is 0 Å². The van der Waals surface area contributed by atoms with Gasteiger partial charge in [-0.2, -0.15) is 5.10 Å². The zero-order valence-corrected chi connectivity index (χ0v) is 10.7. The first-order chi connectivity index (χ1) is 7.58. The summed E-state index contributed by atoms with van der Waals surface area (Å²) in [7, 11) is 0. The number of aromatic nitrogens is 2. The molecule has 0 aliphatic carbocycles. The molecule has 1 N–H and O–H groups in total. The van der Waals surface area contributed by atoms with Crippen LogP contribution >= 0.6 is 0 Å². The largest absolute Gasteiger partial charge is 0.312 e. The maximum absolute atomic E-state index is 4.32. The van der Waals surface area contributed by atoms with Crippen molar-refractivity contribution >= 4 is 0 Å². The average molecular weight is 221 g/mol. The molecule has 0 bridgehead atoms. The molecule has 3 nitrogen and oxygen atoms in total. The summed E-state index contributed by atoms with van der Waals surface area (Å²) in [6.07, 6.45) is 5.04. The third-order valence-corrected chi connectivity index (χ3v) is 2.34. The standard InChI is InChI=1S/C13H23N3/c1-11(2)5-6-16-10-13(9-15-16)8-14-7-12(3)4/h9-10,12,14H,1,5-8H2,2-4H3. The fraction of sp³-hybridized carbons (Fsp3) is 0.615. The number of aryl methyl sites for hydroxylation is 1. The van der Waals surface area contributed by atoms with Crippen molar-refractivity contribution in [1.29, 1.82) is 0 Å². The van der Waals surface area contributed by atoms with Gasteiger partial charge in [-0.25, -0.2) is 0 Å². The quantitative estimate of drug-likeness (QED) is 0.717. The number of rotatable bonds is 7. The van der Waals surface area contributed by atoms with E-state index in [-0.39, 0.29) is 0 Å². The van der Waals surface area contributed by atoms with Gasteiger partial charge in [0, 0.05) is 24.8 Å². The zero-order chi connectivity index (χ0) is 12.0. The molecule has 90 valence electrons. The van der Waals surface area contributed by atoms with E-state index in [2.05, 4.69) is 44.0 Å². The van der Waals surface area contributed by atoms with E-state index in [0.29, 0.717) is 5.92 Å². The van der Waals surface area contributed by atoms with E-state index < -0.39 is 0 Å². The molecule has 1 rings (SSSR count).